The normalized spacial score (nSPS) is 10.3. The van der Waals surface area contributed by atoms with E-state index in [1.165, 1.54) is 11.5 Å². The number of benzene rings is 4. The summed E-state index contributed by atoms with van der Waals surface area (Å²) in [5.41, 5.74) is 4.91. The van der Waals surface area contributed by atoms with E-state index in [2.05, 4.69) is 100 Å². The van der Waals surface area contributed by atoms with Gasteiger partial charge in [0.2, 0.25) is 5.71 Å². The Balaban J connectivity index is 0.000000261. The van der Waals surface area contributed by atoms with Crippen molar-refractivity contribution < 1.29 is 27.3 Å². The van der Waals surface area contributed by atoms with Gasteiger partial charge >= 0.3 is 8.60 Å². The van der Waals surface area contributed by atoms with Crippen molar-refractivity contribution in [1.82, 2.24) is 4.98 Å². The predicted octanol–water partition coefficient (Wildman–Crippen LogP) is 14.7. The molecule has 0 aliphatic rings. The van der Waals surface area contributed by atoms with E-state index in [4.69, 9.17) is 22.4 Å². The Kier molecular flexibility index (Phi) is 20.8. The molecule has 0 amide bonds. The fourth-order valence-electron chi connectivity index (χ4n) is 4.89. The molecule has 0 atom stereocenters. The summed E-state index contributed by atoms with van der Waals surface area (Å²) in [6, 6.07) is 26.6. The van der Waals surface area contributed by atoms with Gasteiger partial charge in [-0.2, -0.15) is 0 Å². The van der Waals surface area contributed by atoms with Gasteiger partial charge < -0.3 is 27.4 Å². The summed E-state index contributed by atoms with van der Waals surface area (Å²) >= 11 is 11.2. The van der Waals surface area contributed by atoms with Crippen LogP contribution in [0.15, 0.2) is 109 Å². The molecular formula is C37H41Br2I2N2O7P. The van der Waals surface area contributed by atoms with Gasteiger partial charge in [0.25, 0.3) is 5.69 Å². The summed E-state index contributed by atoms with van der Waals surface area (Å²) in [6.45, 7) is 7.71. The number of nitrogens with one attached hydrogen (secondary N) is 1. The Morgan fingerprint density at radius 1 is 0.725 bits per heavy atom. The number of nitrogens with zero attached hydrogens (tertiary/aromatic N) is 1. The fourth-order valence-corrected chi connectivity index (χ4v) is 6.65. The number of furan rings is 2. The molecule has 0 unspecified atom stereocenters. The summed E-state index contributed by atoms with van der Waals surface area (Å²) in [5.74, 6) is 0. The maximum atomic E-state index is 11.1. The lowest BCUT2D eigenvalue weighted by atomic mass is 10.0. The fraction of sp³-hybridized carbons (Fsp3) is 0.243. The van der Waals surface area contributed by atoms with E-state index in [0.717, 1.165) is 47.5 Å². The van der Waals surface area contributed by atoms with Crippen LogP contribution in [0.3, 0.4) is 0 Å². The second-order valence-corrected chi connectivity index (χ2v) is 12.5. The number of aromatic amines is 1. The minimum Gasteiger partial charge on any atom is -0.462 e. The van der Waals surface area contributed by atoms with Crippen molar-refractivity contribution in [2.75, 3.05) is 29.7 Å². The molecule has 0 aliphatic carbocycles. The van der Waals surface area contributed by atoms with Gasteiger partial charge in [-0.15, -0.1) is 0 Å². The molecule has 0 aliphatic heterocycles. The molecule has 51 heavy (non-hydrogen) atoms. The van der Waals surface area contributed by atoms with Crippen LogP contribution in [0.5, 0.6) is 0 Å². The molecule has 14 heteroatoms. The molecule has 3 heterocycles. The smallest absolute Gasteiger partial charge is 0.332 e. The van der Waals surface area contributed by atoms with Crippen molar-refractivity contribution in [3.8, 4) is 11.1 Å². The van der Waals surface area contributed by atoms with Gasteiger partial charge in [-0.25, -0.2) is 0 Å². The van der Waals surface area contributed by atoms with Crippen molar-refractivity contribution in [2.24, 2.45) is 0 Å². The molecule has 0 radical (unpaired) electrons. The Morgan fingerprint density at radius 3 is 1.86 bits per heavy atom. The first-order valence-electron chi connectivity index (χ1n) is 15.3. The van der Waals surface area contributed by atoms with Crippen LogP contribution in [0.25, 0.3) is 55.1 Å². The van der Waals surface area contributed by atoms with Gasteiger partial charge in [0.15, 0.2) is 5.58 Å². The third-order valence-corrected chi connectivity index (χ3v) is 9.41. The van der Waals surface area contributed by atoms with E-state index in [0.29, 0.717) is 31.0 Å². The largest absolute Gasteiger partial charge is 0.462 e. The first kappa shape index (κ1) is 45.0. The lowest BCUT2D eigenvalue weighted by molar-refractivity contribution is -0.384. The van der Waals surface area contributed by atoms with Gasteiger partial charge in [-0.1, -0.05) is 107 Å². The highest BCUT2D eigenvalue weighted by Crippen LogP contribution is 2.40. The van der Waals surface area contributed by atoms with E-state index in [1.807, 2.05) is 73.1 Å². The number of nitro benzene ring substituents is 1. The summed E-state index contributed by atoms with van der Waals surface area (Å²) in [4.78, 5) is 17.9. The Hall–Kier alpha value is -2.11. The Labute approximate surface area is 343 Å². The summed E-state index contributed by atoms with van der Waals surface area (Å²) in [6.07, 6.45) is 1.55. The predicted molar refractivity (Wildman–Crippen MR) is 238 cm³/mol. The van der Waals surface area contributed by atoms with Crippen LogP contribution in [-0.4, -0.2) is 39.6 Å². The van der Waals surface area contributed by atoms with Gasteiger partial charge in [0.1, 0.15) is 5.58 Å². The maximum absolute atomic E-state index is 11.1. The molecule has 7 aromatic rings. The topological polar surface area (TPSA) is 113 Å². The molecule has 1 N–H and O–H groups in total. The molecule has 0 fully saturated rings. The van der Waals surface area contributed by atoms with E-state index in [-0.39, 0.29) is 18.0 Å². The van der Waals surface area contributed by atoms with Gasteiger partial charge in [-0.3, -0.25) is 10.1 Å². The number of aromatic nitrogens is 1. The molecule has 4 aromatic carbocycles. The lowest BCUT2D eigenvalue weighted by Crippen LogP contribution is -1.94. The number of hydrogen-bond acceptors (Lipinski definition) is 7. The first-order valence-corrected chi connectivity index (χ1v) is 22.3. The summed E-state index contributed by atoms with van der Waals surface area (Å²) in [7, 11) is -1.06. The van der Waals surface area contributed by atoms with Crippen molar-refractivity contribution in [3.63, 3.8) is 0 Å². The minimum atomic E-state index is -1.06. The molecule has 7 rings (SSSR count). The second-order valence-electron chi connectivity index (χ2n) is 9.61. The van der Waals surface area contributed by atoms with E-state index in [9.17, 15) is 10.1 Å². The summed E-state index contributed by atoms with van der Waals surface area (Å²) < 4.78 is 28.6. The number of fused-ring (bicyclic) bond motifs is 6. The number of alkyl halides is 2. The molecular weight excluding hydrogens is 1030 g/mol. The Bertz CT molecular complexity index is 2090. The highest BCUT2D eigenvalue weighted by molar-refractivity contribution is 14.1. The highest BCUT2D eigenvalue weighted by atomic mass is 127. The lowest BCUT2D eigenvalue weighted by Gasteiger charge is -2.12. The van der Waals surface area contributed by atoms with Crippen molar-refractivity contribution >= 4 is 135 Å². The van der Waals surface area contributed by atoms with Crippen LogP contribution in [0, 0.1) is 10.1 Å². The van der Waals surface area contributed by atoms with Gasteiger partial charge in [0, 0.05) is 33.3 Å². The van der Waals surface area contributed by atoms with Gasteiger partial charge in [0.05, 0.1) is 50.9 Å². The monoisotopic (exact) mass is 1070 g/mol. The molecule has 274 valence electrons. The van der Waals surface area contributed by atoms with Crippen LogP contribution in [-0.2, 0) is 13.6 Å². The molecule has 0 saturated heterocycles. The second kappa shape index (κ2) is 23.5. The standard InChI is InChI=1S/C14H8BrNO3.C14H8BrNO.C6H15O3P.2CH3I.CH4/c15-12-6-3-5-10-11(8-19-14(10)12)9-4-1-2-7-13(9)16(17)18;15-10-6-3-5-9-12-8-4-1-2-7-11(8)16-14(12)17-13(9)10;1-4-7-10(8-5-2)9-6-3;2*1-2;/h1-8H;1-7,16H;4-6H2,1-3H3;2*1H3;1H4. The number of halogens is 4. The Morgan fingerprint density at radius 2 is 1.25 bits per heavy atom. The number of hydrogen-bond donors (Lipinski definition) is 1. The summed E-state index contributed by atoms with van der Waals surface area (Å²) in [5, 5.41) is 15.5. The molecule has 0 spiro atoms. The molecule has 0 saturated carbocycles. The van der Waals surface area contributed by atoms with Crippen LogP contribution in [0.4, 0.5) is 5.69 Å². The third kappa shape index (κ3) is 11.4. The average Bonchev–Trinajstić information content (AvgIpc) is 3.85. The quantitative estimate of drug-likeness (QED) is 0.0530. The number of H-pyrrole nitrogens is 1. The molecule has 0 bridgehead atoms. The van der Waals surface area contributed by atoms with Crippen LogP contribution < -0.4 is 0 Å². The van der Waals surface area contributed by atoms with Crippen LogP contribution in [0.1, 0.15) is 28.2 Å². The van der Waals surface area contributed by atoms with Crippen molar-refractivity contribution in [2.45, 2.75) is 28.2 Å². The highest BCUT2D eigenvalue weighted by Gasteiger charge is 2.19. The average molecular weight is 1070 g/mol. The zero-order valence-electron chi connectivity index (χ0n) is 28.0. The molecule has 3 aromatic heterocycles. The van der Waals surface area contributed by atoms with Crippen LogP contribution in [0.2, 0.25) is 0 Å². The van der Waals surface area contributed by atoms with E-state index in [1.54, 1.807) is 24.5 Å². The van der Waals surface area contributed by atoms with Crippen molar-refractivity contribution in [3.05, 3.63) is 110 Å². The maximum Gasteiger partial charge on any atom is 0.332 e. The number of rotatable bonds is 8. The number of nitro groups is 1. The first-order chi connectivity index (χ1) is 24.4. The van der Waals surface area contributed by atoms with E-state index < -0.39 is 8.60 Å². The zero-order chi connectivity index (χ0) is 36.6. The van der Waals surface area contributed by atoms with Gasteiger partial charge in [-0.05, 0) is 86.8 Å². The molecule has 9 nitrogen and oxygen atoms in total. The van der Waals surface area contributed by atoms with Crippen LogP contribution >= 0.6 is 85.6 Å². The minimum absolute atomic E-state index is 0. The van der Waals surface area contributed by atoms with E-state index >= 15 is 0 Å². The third-order valence-electron chi connectivity index (χ3n) is 6.76. The SMILES string of the molecule is Brc1cccc2c1oc1[nH]c3ccccc3c12.C.CCOP(OCC)OCC.CI.CI.O=[N+]([O-])c1ccccc1-c1coc2c(Br)cccc12. The van der Waals surface area contributed by atoms with Crippen molar-refractivity contribution in [1.29, 1.82) is 0 Å². The number of para-hydroxylation sites is 4. The zero-order valence-corrected chi connectivity index (χ0v) is 36.4.